The van der Waals surface area contributed by atoms with Gasteiger partial charge in [0.05, 0.1) is 5.69 Å². The van der Waals surface area contributed by atoms with Crippen LogP contribution >= 0.6 is 11.6 Å². The van der Waals surface area contributed by atoms with Gasteiger partial charge in [0.2, 0.25) is 5.95 Å². The van der Waals surface area contributed by atoms with Crippen LogP contribution in [0.1, 0.15) is 11.1 Å². The average Bonchev–Trinajstić information content (AvgIpc) is 3.13. The Labute approximate surface area is 137 Å². The second-order valence-electron chi connectivity index (χ2n) is 5.61. The van der Waals surface area contributed by atoms with E-state index >= 15 is 0 Å². The van der Waals surface area contributed by atoms with Crippen molar-refractivity contribution < 1.29 is 0 Å². The van der Waals surface area contributed by atoms with E-state index in [2.05, 4.69) is 31.3 Å². The minimum Gasteiger partial charge on any atom is -0.351 e. The lowest BCUT2D eigenvalue weighted by atomic mass is 10.1. The van der Waals surface area contributed by atoms with Crippen LogP contribution in [0.2, 0.25) is 5.02 Å². The molecule has 0 bridgehead atoms. The number of hydrogen-bond acceptors (Lipinski definition) is 4. The molecule has 3 N–H and O–H groups in total. The van der Waals surface area contributed by atoms with Gasteiger partial charge < -0.3 is 15.3 Å². The first-order valence-corrected chi connectivity index (χ1v) is 7.69. The van der Waals surface area contributed by atoms with Gasteiger partial charge in [-0.25, -0.2) is 14.8 Å². The van der Waals surface area contributed by atoms with E-state index in [9.17, 15) is 4.79 Å². The Morgan fingerprint density at radius 1 is 1.17 bits per heavy atom. The zero-order valence-electron chi connectivity index (χ0n) is 12.1. The summed E-state index contributed by atoms with van der Waals surface area (Å²) in [5.74, 6) is 0.579. The van der Waals surface area contributed by atoms with Crippen molar-refractivity contribution in [2.24, 2.45) is 0 Å². The monoisotopic (exact) mass is 327 g/mol. The molecule has 1 aromatic carbocycles. The van der Waals surface area contributed by atoms with E-state index in [0.717, 1.165) is 23.4 Å². The maximum Gasteiger partial charge on any atom is 0.323 e. The van der Waals surface area contributed by atoms with Crippen LogP contribution in [0.25, 0.3) is 11.3 Å². The number of aromatic nitrogens is 4. The van der Waals surface area contributed by atoms with Gasteiger partial charge in [0.1, 0.15) is 0 Å². The number of H-pyrrole nitrogens is 2. The Kier molecular flexibility index (Phi) is 3.38. The third kappa shape index (κ3) is 2.85. The summed E-state index contributed by atoms with van der Waals surface area (Å²) in [7, 11) is 0. The van der Waals surface area contributed by atoms with Crippen LogP contribution in [0, 0.1) is 0 Å². The lowest BCUT2D eigenvalue weighted by Crippen LogP contribution is -2.20. The van der Waals surface area contributed by atoms with Crippen molar-refractivity contribution in [3.63, 3.8) is 0 Å². The van der Waals surface area contributed by atoms with Crippen molar-refractivity contribution in [1.82, 2.24) is 19.9 Å². The molecule has 116 valence electrons. The van der Waals surface area contributed by atoms with Gasteiger partial charge in [-0.3, -0.25) is 0 Å². The van der Waals surface area contributed by atoms with Gasteiger partial charge in [-0.15, -0.1) is 0 Å². The van der Waals surface area contributed by atoms with Crippen LogP contribution in [0.4, 0.5) is 5.95 Å². The molecule has 7 heteroatoms. The number of nitrogens with one attached hydrogen (secondary N) is 3. The topological polar surface area (TPSA) is 86.5 Å². The Morgan fingerprint density at radius 2 is 1.96 bits per heavy atom. The van der Waals surface area contributed by atoms with Gasteiger partial charge in [0, 0.05) is 35.2 Å². The molecule has 4 rings (SSSR count). The molecule has 1 aliphatic rings. The fraction of sp³-hybridized carbons (Fsp3) is 0.188. The first-order valence-electron chi connectivity index (χ1n) is 7.31. The lowest BCUT2D eigenvalue weighted by molar-refractivity contribution is 0.761. The predicted molar refractivity (Wildman–Crippen MR) is 88.7 cm³/mol. The molecule has 0 saturated heterocycles. The number of imidazole rings is 1. The first-order chi connectivity index (χ1) is 11.2. The largest absolute Gasteiger partial charge is 0.351 e. The number of aromatic amines is 2. The summed E-state index contributed by atoms with van der Waals surface area (Å²) in [6.07, 6.45) is 6.82. The molecule has 0 fully saturated rings. The van der Waals surface area contributed by atoms with Gasteiger partial charge in [-0.1, -0.05) is 17.7 Å². The molecule has 2 aromatic heterocycles. The highest BCUT2D eigenvalue weighted by atomic mass is 35.5. The van der Waals surface area contributed by atoms with Crippen LogP contribution in [0.5, 0.6) is 0 Å². The minimum absolute atomic E-state index is 0.246. The third-order valence-corrected chi connectivity index (χ3v) is 4.23. The van der Waals surface area contributed by atoms with Crippen molar-refractivity contribution in [3.8, 4) is 11.3 Å². The minimum atomic E-state index is -0.246. The Balaban J connectivity index is 1.47. The zero-order valence-corrected chi connectivity index (χ0v) is 12.9. The molecule has 1 atom stereocenters. The first kappa shape index (κ1) is 14.0. The van der Waals surface area contributed by atoms with E-state index in [-0.39, 0.29) is 11.7 Å². The van der Waals surface area contributed by atoms with Crippen LogP contribution in [-0.2, 0) is 12.8 Å². The van der Waals surface area contributed by atoms with Crippen molar-refractivity contribution in [1.29, 1.82) is 0 Å². The highest BCUT2D eigenvalue weighted by Crippen LogP contribution is 2.26. The summed E-state index contributed by atoms with van der Waals surface area (Å²) in [6, 6.07) is 6.28. The Hall–Kier alpha value is -2.60. The summed E-state index contributed by atoms with van der Waals surface area (Å²) in [5.41, 5.74) is 3.77. The van der Waals surface area contributed by atoms with E-state index in [1.165, 1.54) is 11.1 Å². The normalized spacial score (nSPS) is 16.3. The molecule has 0 radical (unpaired) electrons. The van der Waals surface area contributed by atoms with E-state index < -0.39 is 0 Å². The molecule has 23 heavy (non-hydrogen) atoms. The Morgan fingerprint density at radius 3 is 2.70 bits per heavy atom. The maximum atomic E-state index is 11.1. The van der Waals surface area contributed by atoms with Crippen molar-refractivity contribution >= 4 is 17.5 Å². The van der Waals surface area contributed by atoms with Crippen LogP contribution in [0.15, 0.2) is 41.6 Å². The molecular weight excluding hydrogens is 314 g/mol. The van der Waals surface area contributed by atoms with E-state index in [4.69, 9.17) is 11.6 Å². The highest BCUT2D eigenvalue weighted by molar-refractivity contribution is 6.30. The van der Waals surface area contributed by atoms with Crippen molar-refractivity contribution in [3.05, 3.63) is 63.4 Å². The summed E-state index contributed by atoms with van der Waals surface area (Å²) < 4.78 is 0. The quantitative estimate of drug-likeness (QED) is 0.689. The number of benzene rings is 1. The van der Waals surface area contributed by atoms with Crippen LogP contribution < -0.4 is 11.0 Å². The van der Waals surface area contributed by atoms with Gasteiger partial charge in [0.15, 0.2) is 0 Å². The number of halogens is 1. The molecule has 0 spiro atoms. The Bertz CT molecular complexity index is 899. The smallest absolute Gasteiger partial charge is 0.323 e. The molecule has 2 heterocycles. The van der Waals surface area contributed by atoms with Crippen molar-refractivity contribution in [2.75, 3.05) is 5.32 Å². The van der Waals surface area contributed by atoms with Crippen LogP contribution in [-0.4, -0.2) is 26.0 Å². The van der Waals surface area contributed by atoms with E-state index in [0.29, 0.717) is 11.6 Å². The number of hydrogen-bond donors (Lipinski definition) is 3. The molecule has 3 aromatic rings. The van der Waals surface area contributed by atoms with Gasteiger partial charge in [0.25, 0.3) is 0 Å². The number of anilines is 1. The molecule has 1 unspecified atom stereocenters. The van der Waals surface area contributed by atoms with Crippen molar-refractivity contribution in [2.45, 2.75) is 18.9 Å². The van der Waals surface area contributed by atoms with E-state index in [1.807, 2.05) is 12.1 Å². The summed E-state index contributed by atoms with van der Waals surface area (Å²) in [6.45, 7) is 0. The van der Waals surface area contributed by atoms with Gasteiger partial charge in [-0.2, -0.15) is 0 Å². The molecule has 0 saturated carbocycles. The fourth-order valence-electron chi connectivity index (χ4n) is 2.90. The fourth-order valence-corrected chi connectivity index (χ4v) is 3.10. The highest BCUT2D eigenvalue weighted by Gasteiger charge is 2.22. The third-order valence-electron chi connectivity index (χ3n) is 3.99. The summed E-state index contributed by atoms with van der Waals surface area (Å²) in [5, 5.41) is 4.12. The van der Waals surface area contributed by atoms with Crippen LogP contribution in [0.3, 0.4) is 0 Å². The molecule has 1 aliphatic carbocycles. The van der Waals surface area contributed by atoms with Gasteiger partial charge in [-0.05, 0) is 36.1 Å². The summed E-state index contributed by atoms with van der Waals surface area (Å²) in [4.78, 5) is 25.0. The molecule has 0 amide bonds. The second-order valence-corrected chi connectivity index (χ2v) is 6.05. The molecule has 6 nitrogen and oxygen atoms in total. The lowest BCUT2D eigenvalue weighted by Gasteiger charge is -2.11. The number of rotatable bonds is 3. The zero-order chi connectivity index (χ0) is 15.8. The maximum absolute atomic E-state index is 11.1. The van der Waals surface area contributed by atoms with E-state index in [1.54, 1.807) is 18.6 Å². The molecule has 0 aliphatic heterocycles. The second kappa shape index (κ2) is 5.55. The summed E-state index contributed by atoms with van der Waals surface area (Å²) >= 11 is 6.04. The average molecular weight is 328 g/mol. The standard InChI is InChI=1S/C16H14ClN5O/c17-12-2-1-9-4-13(5-10(9)3-12)21-15-18-6-11(7-19-15)14-8-20-16(23)22-14/h1-3,6-8,13H,4-5H2,(H,18,19,21)(H2,20,22,23). The molecular formula is C16H14ClN5O. The number of nitrogens with zero attached hydrogens (tertiary/aromatic N) is 2. The SMILES string of the molecule is O=c1[nH]cc(-c2cnc(NC3Cc4ccc(Cl)cc4C3)nc2)[nH]1. The predicted octanol–water partition coefficient (Wildman–Crippen LogP) is 2.39. The van der Waals surface area contributed by atoms with Gasteiger partial charge >= 0.3 is 5.69 Å². The number of fused-ring (bicyclic) bond motifs is 1.